The maximum Gasteiger partial charge on any atom is 0.418 e. The van der Waals surface area contributed by atoms with Crippen LogP contribution in [0.5, 0.6) is 0 Å². The average molecular weight is 480 g/mol. The van der Waals surface area contributed by atoms with E-state index in [1.807, 2.05) is 0 Å². The van der Waals surface area contributed by atoms with E-state index < -0.39 is 32.8 Å². The fourth-order valence-electron chi connectivity index (χ4n) is 4.04. The minimum Gasteiger partial charge on any atom is -0.378 e. The summed E-state index contributed by atoms with van der Waals surface area (Å²) < 4.78 is 74.3. The lowest BCUT2D eigenvalue weighted by Crippen LogP contribution is -2.36. The van der Waals surface area contributed by atoms with Crippen molar-refractivity contribution in [3.8, 4) is 0 Å². The van der Waals surface area contributed by atoms with E-state index in [0.717, 1.165) is 25.1 Å². The Morgan fingerprint density at radius 2 is 2.06 bits per heavy atom. The van der Waals surface area contributed by atoms with Gasteiger partial charge >= 0.3 is 6.18 Å². The average Bonchev–Trinajstić information content (AvgIpc) is 3.42. The summed E-state index contributed by atoms with van der Waals surface area (Å²) in [5.74, 6) is -0.283. The zero-order valence-corrected chi connectivity index (χ0v) is 18.1. The van der Waals surface area contributed by atoms with Gasteiger partial charge in [-0.2, -0.15) is 17.5 Å². The van der Waals surface area contributed by atoms with Crippen LogP contribution < -0.4 is 5.32 Å². The second kappa shape index (κ2) is 8.23. The molecular formula is C18H21ClF3N5O3S. The first-order chi connectivity index (χ1) is 14.6. The van der Waals surface area contributed by atoms with E-state index in [0.29, 0.717) is 6.61 Å². The fraction of sp³-hybridized carbons (Fsp3) is 0.556. The predicted molar refractivity (Wildman–Crippen MR) is 106 cm³/mol. The Morgan fingerprint density at radius 1 is 1.29 bits per heavy atom. The number of nitrogens with one attached hydrogen (secondary N) is 1. The van der Waals surface area contributed by atoms with E-state index in [9.17, 15) is 21.6 Å². The summed E-state index contributed by atoms with van der Waals surface area (Å²) in [6.45, 7) is 0.786. The summed E-state index contributed by atoms with van der Waals surface area (Å²) in [7, 11) is -2.19. The van der Waals surface area contributed by atoms with E-state index in [-0.39, 0.29) is 36.0 Å². The van der Waals surface area contributed by atoms with E-state index in [2.05, 4.69) is 15.3 Å². The molecule has 8 nitrogen and oxygen atoms in total. The highest BCUT2D eigenvalue weighted by molar-refractivity contribution is 7.89. The molecule has 2 aliphatic rings. The summed E-state index contributed by atoms with van der Waals surface area (Å²) in [6.07, 6.45) is 0.510. The number of alkyl halides is 3. The number of sulfonamides is 1. The normalized spacial score (nSPS) is 25.3. The van der Waals surface area contributed by atoms with E-state index in [4.69, 9.17) is 16.3 Å². The molecule has 0 amide bonds. The molecule has 0 spiro atoms. The molecule has 2 aliphatic heterocycles. The van der Waals surface area contributed by atoms with Crippen LogP contribution in [0, 0.1) is 5.92 Å². The first-order valence-corrected chi connectivity index (χ1v) is 11.5. The monoisotopic (exact) mass is 479 g/mol. The number of nitrogens with zero attached hydrogens (tertiary/aromatic N) is 4. The molecule has 2 aromatic heterocycles. The van der Waals surface area contributed by atoms with E-state index >= 15 is 0 Å². The zero-order chi connectivity index (χ0) is 22.4. The highest BCUT2D eigenvalue weighted by Gasteiger charge is 2.45. The number of hydrogen-bond acceptors (Lipinski definition) is 6. The molecule has 2 aromatic rings. The number of anilines is 1. The molecular weight excluding hydrogens is 459 g/mol. The molecule has 0 saturated carbocycles. The minimum atomic E-state index is -4.63. The molecule has 4 rings (SSSR count). The van der Waals surface area contributed by atoms with Gasteiger partial charge < -0.3 is 14.6 Å². The molecule has 0 aromatic carbocycles. The SMILES string of the molecule is Cn1cnc(S(=O)(=O)N2C[C@H](Nc3cc(C(F)(F)F)c(Cl)cn3)[C@@H](C3CCCO3)C2)c1. The lowest BCUT2D eigenvalue weighted by atomic mass is 9.95. The van der Waals surface area contributed by atoms with Crippen LogP contribution in [0.1, 0.15) is 18.4 Å². The Bertz CT molecular complexity index is 1060. The molecule has 0 aliphatic carbocycles. The highest BCUT2D eigenvalue weighted by Crippen LogP contribution is 2.37. The second-order valence-electron chi connectivity index (χ2n) is 7.71. The van der Waals surface area contributed by atoms with Crippen molar-refractivity contribution in [2.45, 2.75) is 36.2 Å². The van der Waals surface area contributed by atoms with Crippen LogP contribution in [0.3, 0.4) is 0 Å². The van der Waals surface area contributed by atoms with Crippen LogP contribution in [-0.2, 0) is 28.0 Å². The number of imidazole rings is 1. The summed E-state index contributed by atoms with van der Waals surface area (Å²) in [5.41, 5.74) is -1.00. The van der Waals surface area contributed by atoms with Gasteiger partial charge in [0.15, 0.2) is 5.03 Å². The predicted octanol–water partition coefficient (Wildman–Crippen LogP) is 2.77. The van der Waals surface area contributed by atoms with Gasteiger partial charge in [0.25, 0.3) is 10.0 Å². The van der Waals surface area contributed by atoms with Gasteiger partial charge in [-0.25, -0.2) is 18.4 Å². The van der Waals surface area contributed by atoms with Gasteiger partial charge in [-0.05, 0) is 18.9 Å². The van der Waals surface area contributed by atoms with Gasteiger partial charge in [-0.15, -0.1) is 0 Å². The molecule has 0 bridgehead atoms. The Morgan fingerprint density at radius 3 is 2.68 bits per heavy atom. The third-order valence-electron chi connectivity index (χ3n) is 5.55. The Hall–Kier alpha value is -1.89. The first-order valence-electron chi connectivity index (χ1n) is 9.64. The molecule has 1 N–H and O–H groups in total. The van der Waals surface area contributed by atoms with E-state index in [1.165, 1.54) is 21.4 Å². The largest absolute Gasteiger partial charge is 0.418 e. The molecule has 2 fully saturated rings. The summed E-state index contributed by atoms with van der Waals surface area (Å²) in [6, 6.07) is 0.349. The van der Waals surface area contributed by atoms with Gasteiger partial charge in [0, 0.05) is 51.1 Å². The zero-order valence-electron chi connectivity index (χ0n) is 16.5. The number of halogens is 4. The lowest BCUT2D eigenvalue weighted by Gasteiger charge is -2.25. The maximum atomic E-state index is 13.2. The first kappa shape index (κ1) is 22.3. The van der Waals surface area contributed by atoms with Crippen molar-refractivity contribution in [3.63, 3.8) is 0 Å². The molecule has 3 atom stereocenters. The molecule has 170 valence electrons. The molecule has 31 heavy (non-hydrogen) atoms. The van der Waals surface area contributed by atoms with Gasteiger partial charge in [0.05, 0.1) is 23.0 Å². The molecule has 1 unspecified atom stereocenters. The minimum absolute atomic E-state index is 0.0261. The van der Waals surface area contributed by atoms with Crippen molar-refractivity contribution in [1.82, 2.24) is 18.8 Å². The molecule has 13 heteroatoms. The lowest BCUT2D eigenvalue weighted by molar-refractivity contribution is -0.137. The van der Waals surface area contributed by atoms with Crippen LogP contribution in [0.4, 0.5) is 19.0 Å². The summed E-state index contributed by atoms with van der Waals surface area (Å²) in [5, 5.41) is 2.41. The van der Waals surface area contributed by atoms with Crippen molar-refractivity contribution in [2.24, 2.45) is 13.0 Å². The maximum absolute atomic E-state index is 13.2. The summed E-state index contributed by atoms with van der Waals surface area (Å²) >= 11 is 5.66. The van der Waals surface area contributed by atoms with Crippen LogP contribution in [0.2, 0.25) is 5.02 Å². The van der Waals surface area contributed by atoms with Gasteiger partial charge in [0.1, 0.15) is 5.82 Å². The third kappa shape index (κ3) is 4.52. The van der Waals surface area contributed by atoms with Crippen LogP contribution in [0.25, 0.3) is 0 Å². The fourth-order valence-corrected chi connectivity index (χ4v) is 5.72. The van der Waals surface area contributed by atoms with Crippen molar-refractivity contribution in [2.75, 3.05) is 25.0 Å². The molecule has 2 saturated heterocycles. The van der Waals surface area contributed by atoms with Gasteiger partial charge in [-0.1, -0.05) is 11.6 Å². The van der Waals surface area contributed by atoms with Crippen molar-refractivity contribution >= 4 is 27.4 Å². The van der Waals surface area contributed by atoms with Crippen molar-refractivity contribution in [1.29, 1.82) is 0 Å². The van der Waals surface area contributed by atoms with Crippen LogP contribution in [0.15, 0.2) is 29.8 Å². The van der Waals surface area contributed by atoms with Crippen molar-refractivity contribution in [3.05, 3.63) is 35.4 Å². The summed E-state index contributed by atoms with van der Waals surface area (Å²) in [4.78, 5) is 7.90. The standard InChI is InChI=1S/C18H21ClF3N5O3S/c1-26-9-17(24-10-26)31(28,29)27-7-11(15-3-2-4-30-15)14(8-27)25-16-5-12(18(20,21)22)13(19)6-23-16/h5-6,9-11,14-15H,2-4,7-8H2,1H3,(H,23,25)/t11-,14-,15?/m0/s1. The Kier molecular flexibility index (Phi) is 5.92. The van der Waals surface area contributed by atoms with Gasteiger partial charge in [0.2, 0.25) is 0 Å². The Balaban J connectivity index is 1.61. The quantitative estimate of drug-likeness (QED) is 0.709. The topological polar surface area (TPSA) is 89.4 Å². The van der Waals surface area contributed by atoms with Crippen LogP contribution in [-0.4, -0.2) is 59.1 Å². The number of ether oxygens (including phenoxy) is 1. The van der Waals surface area contributed by atoms with E-state index in [1.54, 1.807) is 7.05 Å². The number of aryl methyl sites for hydroxylation is 1. The van der Waals surface area contributed by atoms with Crippen LogP contribution >= 0.6 is 11.6 Å². The number of rotatable bonds is 5. The van der Waals surface area contributed by atoms with Gasteiger partial charge in [-0.3, -0.25) is 0 Å². The second-order valence-corrected chi connectivity index (χ2v) is 10.0. The molecule has 0 radical (unpaired) electrons. The van der Waals surface area contributed by atoms with Crippen molar-refractivity contribution < 1.29 is 26.3 Å². The molecule has 4 heterocycles. The Labute approximate surface area is 182 Å². The number of hydrogen-bond donors (Lipinski definition) is 1. The smallest absolute Gasteiger partial charge is 0.378 e. The number of aromatic nitrogens is 3. The highest BCUT2D eigenvalue weighted by atomic mass is 35.5. The third-order valence-corrected chi connectivity index (χ3v) is 7.57. The number of pyridine rings is 1.